The molecule has 0 amide bonds. The Bertz CT molecular complexity index is 543. The third-order valence-electron chi connectivity index (χ3n) is 3.81. The van der Waals surface area contributed by atoms with Crippen molar-refractivity contribution in [2.45, 2.75) is 44.8 Å². The van der Waals surface area contributed by atoms with Crippen LogP contribution < -0.4 is 5.32 Å². The largest absolute Gasteiger partial charge is 0.396 e. The van der Waals surface area contributed by atoms with Crippen molar-refractivity contribution in [3.05, 3.63) is 36.0 Å². The summed E-state index contributed by atoms with van der Waals surface area (Å²) in [6.07, 6.45) is 6.74. The highest BCUT2D eigenvalue weighted by molar-refractivity contribution is 5.80. The average molecular weight is 258 g/mol. The van der Waals surface area contributed by atoms with Crippen LogP contribution in [-0.4, -0.2) is 22.3 Å². The molecule has 0 saturated heterocycles. The Labute approximate surface area is 114 Å². The Kier molecular flexibility index (Phi) is 3.85. The van der Waals surface area contributed by atoms with E-state index >= 15 is 0 Å². The summed E-state index contributed by atoms with van der Waals surface area (Å²) in [5.41, 5.74) is 2.67. The zero-order valence-electron chi connectivity index (χ0n) is 11.3. The van der Waals surface area contributed by atoms with E-state index in [1.54, 1.807) is 0 Å². The van der Waals surface area contributed by atoms with Crippen LogP contribution in [0.25, 0.3) is 10.9 Å². The molecule has 0 unspecified atom stereocenters. The molecule has 1 aliphatic carbocycles. The lowest BCUT2D eigenvalue weighted by Gasteiger charge is -2.06. The topological polar surface area (TPSA) is 37.2 Å². The molecule has 1 aromatic carbocycles. The Morgan fingerprint density at radius 3 is 2.89 bits per heavy atom. The molecule has 2 aromatic rings. The van der Waals surface area contributed by atoms with Gasteiger partial charge in [0, 0.05) is 37.5 Å². The first-order chi connectivity index (χ1) is 9.36. The summed E-state index contributed by atoms with van der Waals surface area (Å²) >= 11 is 0. The summed E-state index contributed by atoms with van der Waals surface area (Å²) < 4.78 is 2.28. The van der Waals surface area contributed by atoms with Crippen LogP contribution in [0.3, 0.4) is 0 Å². The van der Waals surface area contributed by atoms with E-state index < -0.39 is 0 Å². The summed E-state index contributed by atoms with van der Waals surface area (Å²) in [6, 6.07) is 9.68. The van der Waals surface area contributed by atoms with Gasteiger partial charge >= 0.3 is 0 Å². The van der Waals surface area contributed by atoms with Gasteiger partial charge in [-0.3, -0.25) is 0 Å². The molecule has 1 saturated carbocycles. The van der Waals surface area contributed by atoms with Crippen molar-refractivity contribution < 1.29 is 5.11 Å². The SMILES string of the molecule is OCCCCn1ccc2cc(CNC3CC3)ccc21. The summed E-state index contributed by atoms with van der Waals surface area (Å²) in [4.78, 5) is 0. The lowest BCUT2D eigenvalue weighted by molar-refractivity contribution is 0.281. The number of benzene rings is 1. The van der Waals surface area contributed by atoms with Gasteiger partial charge in [0.2, 0.25) is 0 Å². The molecule has 1 heterocycles. The van der Waals surface area contributed by atoms with Crippen molar-refractivity contribution in [2.75, 3.05) is 6.61 Å². The maximum atomic E-state index is 8.84. The van der Waals surface area contributed by atoms with Crippen LogP contribution in [0, 0.1) is 0 Å². The Morgan fingerprint density at radius 1 is 1.21 bits per heavy atom. The van der Waals surface area contributed by atoms with Crippen molar-refractivity contribution in [2.24, 2.45) is 0 Å². The number of hydrogen-bond donors (Lipinski definition) is 2. The third-order valence-corrected chi connectivity index (χ3v) is 3.81. The standard InChI is InChI=1S/C16H22N2O/c19-10-2-1-8-18-9-7-14-11-13(3-6-16(14)18)12-17-15-4-5-15/h3,6-7,9,11,15,17,19H,1-2,4-5,8,10,12H2. The highest BCUT2D eigenvalue weighted by Gasteiger charge is 2.19. The fourth-order valence-electron chi connectivity index (χ4n) is 2.50. The number of aliphatic hydroxyl groups excluding tert-OH is 1. The molecule has 0 radical (unpaired) electrons. The number of rotatable bonds is 7. The van der Waals surface area contributed by atoms with Crippen LogP contribution in [0.15, 0.2) is 30.5 Å². The quantitative estimate of drug-likeness (QED) is 0.749. The molecule has 0 aliphatic heterocycles. The Morgan fingerprint density at radius 2 is 2.11 bits per heavy atom. The molecule has 3 rings (SSSR count). The first kappa shape index (κ1) is 12.7. The number of nitrogens with zero attached hydrogens (tertiary/aromatic N) is 1. The zero-order chi connectivity index (χ0) is 13.1. The molecule has 0 atom stereocenters. The van der Waals surface area contributed by atoms with Crippen LogP contribution in [0.5, 0.6) is 0 Å². The van der Waals surface area contributed by atoms with Crippen molar-refractivity contribution in [3.8, 4) is 0 Å². The fourth-order valence-corrected chi connectivity index (χ4v) is 2.50. The molecule has 0 spiro atoms. The molecule has 1 fully saturated rings. The van der Waals surface area contributed by atoms with Crippen molar-refractivity contribution in [3.63, 3.8) is 0 Å². The minimum Gasteiger partial charge on any atom is -0.396 e. The molecule has 3 nitrogen and oxygen atoms in total. The highest BCUT2D eigenvalue weighted by atomic mass is 16.2. The normalized spacial score (nSPS) is 15.2. The molecule has 19 heavy (non-hydrogen) atoms. The van der Waals surface area contributed by atoms with Gasteiger partial charge in [-0.25, -0.2) is 0 Å². The molecule has 1 aliphatic rings. The lowest BCUT2D eigenvalue weighted by Crippen LogP contribution is -2.15. The lowest BCUT2D eigenvalue weighted by atomic mass is 10.1. The monoisotopic (exact) mass is 258 g/mol. The molecule has 102 valence electrons. The van der Waals surface area contributed by atoms with Crippen LogP contribution in [0.4, 0.5) is 0 Å². The van der Waals surface area contributed by atoms with E-state index in [9.17, 15) is 0 Å². The second-order valence-electron chi connectivity index (χ2n) is 5.49. The van der Waals surface area contributed by atoms with E-state index in [1.807, 2.05) is 0 Å². The van der Waals surface area contributed by atoms with Gasteiger partial charge in [0.15, 0.2) is 0 Å². The van der Waals surface area contributed by atoms with Crippen molar-refractivity contribution >= 4 is 10.9 Å². The number of aromatic nitrogens is 1. The number of aliphatic hydroxyl groups is 1. The van der Waals surface area contributed by atoms with Gasteiger partial charge in [0.05, 0.1) is 0 Å². The molecular formula is C16H22N2O. The first-order valence-corrected chi connectivity index (χ1v) is 7.29. The zero-order valence-corrected chi connectivity index (χ0v) is 11.3. The van der Waals surface area contributed by atoms with Gasteiger partial charge in [-0.05, 0) is 54.8 Å². The van der Waals surface area contributed by atoms with Crippen molar-refractivity contribution in [1.29, 1.82) is 0 Å². The van der Waals surface area contributed by atoms with Gasteiger partial charge in [0.1, 0.15) is 0 Å². The maximum Gasteiger partial charge on any atom is 0.0480 e. The molecule has 2 N–H and O–H groups in total. The van der Waals surface area contributed by atoms with Gasteiger partial charge in [-0.2, -0.15) is 0 Å². The van der Waals surface area contributed by atoms with E-state index in [0.717, 1.165) is 32.0 Å². The summed E-state index contributed by atoms with van der Waals surface area (Å²) in [6.45, 7) is 2.26. The van der Waals surface area contributed by atoms with Crippen LogP contribution in [-0.2, 0) is 13.1 Å². The number of nitrogens with one attached hydrogen (secondary N) is 1. The maximum absolute atomic E-state index is 8.84. The predicted octanol–water partition coefficient (Wildman–Crippen LogP) is 2.67. The van der Waals surface area contributed by atoms with E-state index in [2.05, 4.69) is 40.3 Å². The van der Waals surface area contributed by atoms with E-state index in [-0.39, 0.29) is 6.61 Å². The summed E-state index contributed by atoms with van der Waals surface area (Å²) in [5.74, 6) is 0. The minimum absolute atomic E-state index is 0.288. The van der Waals surface area contributed by atoms with Gasteiger partial charge in [-0.1, -0.05) is 6.07 Å². The smallest absolute Gasteiger partial charge is 0.0480 e. The Hall–Kier alpha value is -1.32. The first-order valence-electron chi connectivity index (χ1n) is 7.29. The van der Waals surface area contributed by atoms with Crippen LogP contribution >= 0.6 is 0 Å². The second-order valence-corrected chi connectivity index (χ2v) is 5.49. The van der Waals surface area contributed by atoms with E-state index in [1.165, 1.54) is 29.3 Å². The number of unbranched alkanes of at least 4 members (excludes halogenated alkanes) is 1. The third kappa shape index (κ3) is 3.17. The molecule has 3 heteroatoms. The highest BCUT2D eigenvalue weighted by Crippen LogP contribution is 2.21. The molecular weight excluding hydrogens is 236 g/mol. The minimum atomic E-state index is 0.288. The van der Waals surface area contributed by atoms with E-state index in [4.69, 9.17) is 5.11 Å². The summed E-state index contributed by atoms with van der Waals surface area (Å²) in [7, 11) is 0. The molecule has 1 aromatic heterocycles. The average Bonchev–Trinajstić information content (AvgIpc) is 3.18. The van der Waals surface area contributed by atoms with Crippen LogP contribution in [0.2, 0.25) is 0 Å². The van der Waals surface area contributed by atoms with Gasteiger partial charge in [0.25, 0.3) is 0 Å². The fraction of sp³-hybridized carbons (Fsp3) is 0.500. The Balaban J connectivity index is 1.69. The molecule has 0 bridgehead atoms. The van der Waals surface area contributed by atoms with Gasteiger partial charge < -0.3 is 15.0 Å². The number of aryl methyl sites for hydroxylation is 1. The number of hydrogen-bond acceptors (Lipinski definition) is 2. The predicted molar refractivity (Wildman–Crippen MR) is 78.1 cm³/mol. The van der Waals surface area contributed by atoms with E-state index in [0.29, 0.717) is 0 Å². The van der Waals surface area contributed by atoms with Crippen LogP contribution in [0.1, 0.15) is 31.2 Å². The van der Waals surface area contributed by atoms with Gasteiger partial charge in [-0.15, -0.1) is 0 Å². The number of fused-ring (bicyclic) bond motifs is 1. The summed E-state index contributed by atoms with van der Waals surface area (Å²) in [5, 5.41) is 13.7. The van der Waals surface area contributed by atoms with Crippen molar-refractivity contribution in [1.82, 2.24) is 9.88 Å². The second kappa shape index (κ2) is 5.76.